The Bertz CT molecular complexity index is 1250. The Morgan fingerprint density at radius 2 is 1.94 bits per heavy atom. The number of hydrogen-bond donors (Lipinski definition) is 2. The summed E-state index contributed by atoms with van der Waals surface area (Å²) in [6.45, 7) is 1.68. The van der Waals surface area contributed by atoms with Crippen LogP contribution in [0.2, 0.25) is 10.0 Å². The van der Waals surface area contributed by atoms with Crippen molar-refractivity contribution >= 4 is 62.7 Å². The minimum Gasteiger partial charge on any atom is -0.452 e. The van der Waals surface area contributed by atoms with Crippen molar-refractivity contribution in [2.75, 3.05) is 19.5 Å². The number of benzene rings is 1. The van der Waals surface area contributed by atoms with Crippen LogP contribution in [0.15, 0.2) is 41.1 Å². The molecule has 0 spiro atoms. The van der Waals surface area contributed by atoms with Crippen LogP contribution in [0.5, 0.6) is 0 Å². The maximum atomic E-state index is 13.2. The molecular weight excluding hydrogens is 539 g/mol. The maximum Gasteiger partial charge on any atom is 0.425 e. The predicted octanol–water partition coefficient (Wildman–Crippen LogP) is 4.24. The highest BCUT2D eigenvalue weighted by atomic mass is 79.9. The second kappa shape index (κ2) is 10.2. The SMILES string of the molecule is COC(=O)NN(C)C(=O)c1cc(Cl)cc(C)c1NC(=O)c1cc(Br)nn1-c1ncccc1Cl. The number of carbonyl (C=O) groups is 3. The summed E-state index contributed by atoms with van der Waals surface area (Å²) in [6.07, 6.45) is 0.680. The molecule has 0 unspecified atom stereocenters. The largest absolute Gasteiger partial charge is 0.452 e. The lowest BCUT2D eigenvalue weighted by molar-refractivity contribution is 0.0691. The van der Waals surface area contributed by atoms with Crippen LogP contribution < -0.4 is 10.7 Å². The van der Waals surface area contributed by atoms with Crippen molar-refractivity contribution < 1.29 is 19.1 Å². The summed E-state index contributed by atoms with van der Waals surface area (Å²) in [5.74, 6) is -0.970. The summed E-state index contributed by atoms with van der Waals surface area (Å²) in [4.78, 5) is 41.9. The molecule has 0 atom stereocenters. The van der Waals surface area contributed by atoms with E-state index in [1.807, 2.05) is 0 Å². The van der Waals surface area contributed by atoms with Gasteiger partial charge in [-0.15, -0.1) is 0 Å². The van der Waals surface area contributed by atoms with Crippen LogP contribution in [0.4, 0.5) is 10.5 Å². The van der Waals surface area contributed by atoms with Crippen LogP contribution in [0.25, 0.3) is 5.82 Å². The quantitative estimate of drug-likeness (QED) is 0.465. The van der Waals surface area contributed by atoms with Gasteiger partial charge in [-0.2, -0.15) is 5.10 Å². The van der Waals surface area contributed by atoms with Gasteiger partial charge in [-0.1, -0.05) is 23.2 Å². The first-order valence-electron chi connectivity index (χ1n) is 9.23. The molecule has 0 saturated carbocycles. The number of nitrogens with one attached hydrogen (secondary N) is 2. The second-order valence-corrected chi connectivity index (χ2v) is 8.30. The molecule has 172 valence electrons. The highest BCUT2D eigenvalue weighted by Gasteiger charge is 2.24. The molecule has 1 aromatic carbocycles. The summed E-state index contributed by atoms with van der Waals surface area (Å²) in [5, 5.41) is 8.44. The number of aromatic nitrogens is 3. The molecule has 2 aromatic heterocycles. The fraction of sp³-hybridized carbons (Fsp3) is 0.150. The van der Waals surface area contributed by atoms with Crippen LogP contribution in [0.3, 0.4) is 0 Å². The van der Waals surface area contributed by atoms with Gasteiger partial charge in [0, 0.05) is 24.3 Å². The van der Waals surface area contributed by atoms with Gasteiger partial charge in [0.15, 0.2) is 5.82 Å². The Morgan fingerprint density at radius 3 is 2.61 bits per heavy atom. The number of carbonyl (C=O) groups excluding carboxylic acids is 3. The molecule has 0 aliphatic carbocycles. The fourth-order valence-corrected chi connectivity index (χ4v) is 3.73. The van der Waals surface area contributed by atoms with Gasteiger partial charge in [0.05, 0.1) is 23.4 Å². The minimum absolute atomic E-state index is 0.0493. The first-order valence-corrected chi connectivity index (χ1v) is 10.8. The number of rotatable bonds is 4. The van der Waals surface area contributed by atoms with Gasteiger partial charge in [0.25, 0.3) is 11.8 Å². The van der Waals surface area contributed by atoms with Gasteiger partial charge in [0.2, 0.25) is 0 Å². The summed E-state index contributed by atoms with van der Waals surface area (Å²) < 4.78 is 6.16. The summed E-state index contributed by atoms with van der Waals surface area (Å²) >= 11 is 15.6. The topological polar surface area (TPSA) is 118 Å². The van der Waals surface area contributed by atoms with Gasteiger partial charge in [0.1, 0.15) is 10.3 Å². The Labute approximate surface area is 206 Å². The number of amides is 3. The maximum absolute atomic E-state index is 13.2. The smallest absolute Gasteiger partial charge is 0.425 e. The molecule has 0 radical (unpaired) electrons. The van der Waals surface area contributed by atoms with Crippen molar-refractivity contribution in [1.29, 1.82) is 0 Å². The van der Waals surface area contributed by atoms with E-state index in [1.165, 1.54) is 30.1 Å². The van der Waals surface area contributed by atoms with Crippen molar-refractivity contribution in [3.63, 3.8) is 0 Å². The molecule has 0 fully saturated rings. The summed E-state index contributed by atoms with van der Waals surface area (Å²) in [7, 11) is 2.49. The fourth-order valence-electron chi connectivity index (χ4n) is 2.88. The average molecular weight is 556 g/mol. The first-order chi connectivity index (χ1) is 15.6. The third kappa shape index (κ3) is 5.44. The zero-order valence-corrected chi connectivity index (χ0v) is 20.6. The highest BCUT2D eigenvalue weighted by molar-refractivity contribution is 9.10. The van der Waals surface area contributed by atoms with E-state index in [9.17, 15) is 14.4 Å². The monoisotopic (exact) mass is 554 g/mol. The van der Waals surface area contributed by atoms with Crippen LogP contribution in [0, 0.1) is 6.92 Å². The van der Waals surface area contributed by atoms with Gasteiger partial charge < -0.3 is 10.1 Å². The Morgan fingerprint density at radius 1 is 1.21 bits per heavy atom. The number of nitrogens with zero attached hydrogens (tertiary/aromatic N) is 4. The van der Waals surface area contributed by atoms with Gasteiger partial charge in [-0.05, 0) is 52.7 Å². The van der Waals surface area contributed by atoms with Gasteiger partial charge >= 0.3 is 6.09 Å². The van der Waals surface area contributed by atoms with Crippen LogP contribution in [-0.2, 0) is 4.74 Å². The van der Waals surface area contributed by atoms with Crippen molar-refractivity contribution in [2.24, 2.45) is 0 Å². The third-order valence-corrected chi connectivity index (χ3v) is 5.27. The van der Waals surface area contributed by atoms with E-state index < -0.39 is 17.9 Å². The lowest BCUT2D eigenvalue weighted by Crippen LogP contribution is -2.43. The molecule has 10 nitrogen and oxygen atoms in total. The molecule has 0 aliphatic heterocycles. The number of methoxy groups -OCH3 is 1. The van der Waals surface area contributed by atoms with Crippen molar-refractivity contribution in [3.8, 4) is 5.82 Å². The number of anilines is 1. The van der Waals surface area contributed by atoms with E-state index in [0.29, 0.717) is 10.2 Å². The van der Waals surface area contributed by atoms with Gasteiger partial charge in [-0.25, -0.2) is 19.9 Å². The molecular formula is C20H17BrCl2N6O4. The number of halogens is 3. The van der Waals surface area contributed by atoms with E-state index in [4.69, 9.17) is 23.2 Å². The zero-order valence-electron chi connectivity index (χ0n) is 17.5. The highest BCUT2D eigenvalue weighted by Crippen LogP contribution is 2.28. The van der Waals surface area contributed by atoms with Crippen molar-refractivity contribution in [1.82, 2.24) is 25.2 Å². The zero-order chi connectivity index (χ0) is 24.3. The Balaban J connectivity index is 2.00. The van der Waals surface area contributed by atoms with Crippen LogP contribution in [0.1, 0.15) is 26.4 Å². The molecule has 2 N–H and O–H groups in total. The van der Waals surface area contributed by atoms with Crippen LogP contribution in [-0.4, -0.2) is 51.8 Å². The van der Waals surface area contributed by atoms with E-state index in [0.717, 1.165) is 12.1 Å². The number of ether oxygens (including phenoxy) is 1. The molecule has 2 heterocycles. The Hall–Kier alpha value is -3.15. The molecule has 3 aromatic rings. The number of aryl methyl sites for hydroxylation is 1. The van der Waals surface area contributed by atoms with Crippen molar-refractivity contribution in [2.45, 2.75) is 6.92 Å². The predicted molar refractivity (Wildman–Crippen MR) is 126 cm³/mol. The molecule has 33 heavy (non-hydrogen) atoms. The Kier molecular flexibility index (Phi) is 7.57. The van der Waals surface area contributed by atoms with Crippen molar-refractivity contribution in [3.05, 3.63) is 68.0 Å². The number of hydrogen-bond acceptors (Lipinski definition) is 6. The normalized spacial score (nSPS) is 10.5. The number of pyridine rings is 1. The van der Waals surface area contributed by atoms with E-state index in [2.05, 4.69) is 41.5 Å². The lowest BCUT2D eigenvalue weighted by Gasteiger charge is -2.20. The molecule has 0 aliphatic rings. The average Bonchev–Trinajstić information content (AvgIpc) is 3.16. The van der Waals surface area contributed by atoms with E-state index in [-0.39, 0.29) is 32.8 Å². The van der Waals surface area contributed by atoms with Gasteiger partial charge in [-0.3, -0.25) is 14.6 Å². The third-order valence-electron chi connectivity index (χ3n) is 4.37. The number of hydrazine groups is 1. The van der Waals surface area contributed by atoms with E-state index >= 15 is 0 Å². The molecule has 0 bridgehead atoms. The van der Waals surface area contributed by atoms with E-state index in [1.54, 1.807) is 25.1 Å². The minimum atomic E-state index is -0.837. The summed E-state index contributed by atoms with van der Waals surface area (Å²) in [5.41, 5.74) is 3.12. The molecule has 13 heteroatoms. The molecule has 3 rings (SSSR count). The van der Waals surface area contributed by atoms with Crippen LogP contribution >= 0.6 is 39.1 Å². The molecule has 0 saturated heterocycles. The summed E-state index contributed by atoms with van der Waals surface area (Å²) in [6, 6.07) is 7.72. The first kappa shape index (κ1) is 24.5. The standard InChI is InChI=1S/C20H17BrCl2N6O4/c1-10-7-11(22)8-12(19(31)28(2)27-20(32)33-3)16(10)25-18(30)14-9-15(21)26-29(14)17-13(23)5-4-6-24-17/h4-9H,1-3H3,(H,25,30)(H,27,32). The second-order valence-electron chi connectivity index (χ2n) is 6.64. The lowest BCUT2D eigenvalue weighted by atomic mass is 10.1. The molecule has 3 amide bonds.